The molecule has 1 fully saturated rings. The van der Waals surface area contributed by atoms with E-state index in [0.29, 0.717) is 5.56 Å². The van der Waals surface area contributed by atoms with E-state index in [0.717, 1.165) is 25.9 Å². The third-order valence-electron chi connectivity index (χ3n) is 3.34. The predicted molar refractivity (Wildman–Crippen MR) is 70.2 cm³/mol. The Balaban J connectivity index is 1.90. The highest BCUT2D eigenvalue weighted by molar-refractivity contribution is 5.98. The number of halogens is 1. The van der Waals surface area contributed by atoms with Gasteiger partial charge in [-0.3, -0.25) is 9.59 Å². The molecule has 4 nitrogen and oxygen atoms in total. The number of anilines is 1. The quantitative estimate of drug-likeness (QED) is 0.668. The number of carbonyl (C=O) groups excluding carboxylic acids is 2. The fourth-order valence-corrected chi connectivity index (χ4v) is 2.21. The first kappa shape index (κ1) is 13.5. The van der Waals surface area contributed by atoms with Crippen LogP contribution in [-0.2, 0) is 4.79 Å². The van der Waals surface area contributed by atoms with E-state index >= 15 is 0 Å². The lowest BCUT2D eigenvalue weighted by molar-refractivity contribution is -0.130. The minimum Gasteiger partial charge on any atom is -0.396 e. The van der Waals surface area contributed by atoms with Crippen molar-refractivity contribution in [3.63, 3.8) is 0 Å². The fraction of sp³-hybridized carbons (Fsp3) is 0.429. The van der Waals surface area contributed by atoms with Crippen LogP contribution in [0.3, 0.4) is 0 Å². The summed E-state index contributed by atoms with van der Waals surface area (Å²) in [6.45, 7) is 1.58. The summed E-state index contributed by atoms with van der Waals surface area (Å²) < 4.78 is 13.0. The maximum atomic E-state index is 13.0. The molecule has 1 aromatic carbocycles. The van der Waals surface area contributed by atoms with Crippen LogP contribution < -0.4 is 5.73 Å². The molecular weight excluding hydrogens is 247 g/mol. The highest BCUT2D eigenvalue weighted by Gasteiger charge is 2.19. The lowest BCUT2D eigenvalue weighted by Crippen LogP contribution is -2.27. The van der Waals surface area contributed by atoms with Gasteiger partial charge >= 0.3 is 0 Å². The Morgan fingerprint density at radius 3 is 2.53 bits per heavy atom. The fourth-order valence-electron chi connectivity index (χ4n) is 2.21. The summed E-state index contributed by atoms with van der Waals surface area (Å²) in [5.41, 5.74) is 5.72. The SMILES string of the molecule is Nc1cc(C(=O)CCC(=O)N2CCCC2)ccc1F. The first-order chi connectivity index (χ1) is 9.08. The van der Waals surface area contributed by atoms with E-state index in [2.05, 4.69) is 0 Å². The number of nitrogen functional groups attached to an aromatic ring is 1. The highest BCUT2D eigenvalue weighted by atomic mass is 19.1. The lowest BCUT2D eigenvalue weighted by Gasteiger charge is -2.14. The molecule has 1 aromatic rings. The van der Waals surface area contributed by atoms with Crippen LogP contribution in [0.25, 0.3) is 0 Å². The Kier molecular flexibility index (Phi) is 4.14. The van der Waals surface area contributed by atoms with E-state index < -0.39 is 5.82 Å². The van der Waals surface area contributed by atoms with Gasteiger partial charge in [0.05, 0.1) is 5.69 Å². The van der Waals surface area contributed by atoms with Gasteiger partial charge in [0.1, 0.15) is 5.82 Å². The minimum absolute atomic E-state index is 0.0148. The Labute approximate surface area is 111 Å². The van der Waals surface area contributed by atoms with Gasteiger partial charge in [-0.1, -0.05) is 0 Å². The molecular formula is C14H17FN2O2. The summed E-state index contributed by atoms with van der Waals surface area (Å²) in [7, 11) is 0. The van der Waals surface area contributed by atoms with Crippen LogP contribution in [-0.4, -0.2) is 29.7 Å². The van der Waals surface area contributed by atoms with Crippen molar-refractivity contribution in [2.24, 2.45) is 0 Å². The number of likely N-dealkylation sites (tertiary alicyclic amines) is 1. The molecule has 0 saturated carbocycles. The number of benzene rings is 1. The monoisotopic (exact) mass is 264 g/mol. The molecule has 5 heteroatoms. The predicted octanol–water partition coefficient (Wildman–Crippen LogP) is 1.99. The molecule has 102 valence electrons. The van der Waals surface area contributed by atoms with Gasteiger partial charge in [-0.25, -0.2) is 4.39 Å². The molecule has 0 atom stereocenters. The van der Waals surface area contributed by atoms with Crippen molar-refractivity contribution in [1.29, 1.82) is 0 Å². The number of nitrogens with two attached hydrogens (primary N) is 1. The van der Waals surface area contributed by atoms with Gasteiger partial charge < -0.3 is 10.6 Å². The molecule has 2 rings (SSSR count). The topological polar surface area (TPSA) is 63.4 Å². The van der Waals surface area contributed by atoms with Gasteiger partial charge in [0.2, 0.25) is 5.91 Å². The number of amides is 1. The van der Waals surface area contributed by atoms with Gasteiger partial charge in [-0.2, -0.15) is 0 Å². The minimum atomic E-state index is -0.537. The second-order valence-corrected chi connectivity index (χ2v) is 4.75. The molecule has 0 radical (unpaired) electrons. The smallest absolute Gasteiger partial charge is 0.223 e. The number of hydrogen-bond acceptors (Lipinski definition) is 3. The van der Waals surface area contributed by atoms with Crippen molar-refractivity contribution in [3.8, 4) is 0 Å². The first-order valence-electron chi connectivity index (χ1n) is 6.44. The van der Waals surface area contributed by atoms with Gasteiger partial charge in [0.15, 0.2) is 5.78 Å². The number of hydrogen-bond donors (Lipinski definition) is 1. The maximum Gasteiger partial charge on any atom is 0.223 e. The molecule has 1 amide bonds. The van der Waals surface area contributed by atoms with Crippen LogP contribution in [0.5, 0.6) is 0 Å². The Hall–Kier alpha value is -1.91. The third kappa shape index (κ3) is 3.30. The summed E-state index contributed by atoms with van der Waals surface area (Å²) in [6, 6.07) is 3.89. The number of ketones is 1. The second-order valence-electron chi connectivity index (χ2n) is 4.75. The van der Waals surface area contributed by atoms with Gasteiger partial charge in [-0.15, -0.1) is 0 Å². The van der Waals surface area contributed by atoms with Gasteiger partial charge in [0.25, 0.3) is 0 Å². The molecule has 0 unspecified atom stereocenters. The summed E-state index contributed by atoms with van der Waals surface area (Å²) in [5, 5.41) is 0. The first-order valence-corrected chi connectivity index (χ1v) is 6.44. The maximum absolute atomic E-state index is 13.0. The standard InChI is InChI=1S/C14H17FN2O2/c15-11-4-3-10(9-12(11)16)13(18)5-6-14(19)17-7-1-2-8-17/h3-4,9H,1-2,5-8,16H2. The number of rotatable bonds is 4. The number of Topliss-reactive ketones (excluding diaryl/α,β-unsaturated/α-hetero) is 1. The molecule has 1 aliphatic heterocycles. The van der Waals surface area contributed by atoms with Crippen LogP contribution in [0.2, 0.25) is 0 Å². The van der Waals surface area contributed by atoms with Crippen LogP contribution in [0.15, 0.2) is 18.2 Å². The largest absolute Gasteiger partial charge is 0.396 e. The zero-order valence-electron chi connectivity index (χ0n) is 10.7. The summed E-state index contributed by atoms with van der Waals surface area (Å²) >= 11 is 0. The second kappa shape index (κ2) is 5.82. The molecule has 0 spiro atoms. The molecule has 19 heavy (non-hydrogen) atoms. The molecule has 1 saturated heterocycles. The lowest BCUT2D eigenvalue weighted by atomic mass is 10.1. The van der Waals surface area contributed by atoms with Gasteiger partial charge in [-0.05, 0) is 31.0 Å². The van der Waals surface area contributed by atoms with Crippen molar-refractivity contribution in [2.75, 3.05) is 18.8 Å². The molecule has 0 aliphatic carbocycles. The van der Waals surface area contributed by atoms with E-state index in [1.54, 1.807) is 4.90 Å². The zero-order chi connectivity index (χ0) is 13.8. The average molecular weight is 264 g/mol. The van der Waals surface area contributed by atoms with Crippen molar-refractivity contribution in [1.82, 2.24) is 4.90 Å². The summed E-state index contributed by atoms with van der Waals surface area (Å²) in [4.78, 5) is 25.5. The highest BCUT2D eigenvalue weighted by Crippen LogP contribution is 2.15. The summed E-state index contributed by atoms with van der Waals surface area (Å²) in [6.07, 6.45) is 2.42. The van der Waals surface area contributed by atoms with E-state index in [1.807, 2.05) is 0 Å². The summed E-state index contributed by atoms with van der Waals surface area (Å²) in [5.74, 6) is -0.704. The van der Waals surface area contributed by atoms with E-state index in [9.17, 15) is 14.0 Å². The van der Waals surface area contributed by atoms with Crippen LogP contribution in [0.4, 0.5) is 10.1 Å². The van der Waals surface area contributed by atoms with Crippen molar-refractivity contribution < 1.29 is 14.0 Å². The molecule has 2 N–H and O–H groups in total. The molecule has 0 aromatic heterocycles. The third-order valence-corrected chi connectivity index (χ3v) is 3.34. The van der Waals surface area contributed by atoms with Crippen LogP contribution >= 0.6 is 0 Å². The zero-order valence-corrected chi connectivity index (χ0v) is 10.7. The number of carbonyl (C=O) groups is 2. The normalized spacial score (nSPS) is 14.7. The van der Waals surface area contributed by atoms with Crippen LogP contribution in [0, 0.1) is 5.82 Å². The average Bonchev–Trinajstić information content (AvgIpc) is 2.92. The molecule has 1 aliphatic rings. The van der Waals surface area contributed by atoms with Crippen molar-refractivity contribution >= 4 is 17.4 Å². The van der Waals surface area contributed by atoms with E-state index in [1.165, 1.54) is 18.2 Å². The van der Waals surface area contributed by atoms with Crippen molar-refractivity contribution in [3.05, 3.63) is 29.6 Å². The Morgan fingerprint density at radius 1 is 1.21 bits per heavy atom. The van der Waals surface area contributed by atoms with E-state index in [-0.39, 0.29) is 30.2 Å². The van der Waals surface area contributed by atoms with E-state index in [4.69, 9.17) is 5.73 Å². The number of nitrogens with zero attached hydrogens (tertiary/aromatic N) is 1. The van der Waals surface area contributed by atoms with Crippen LogP contribution in [0.1, 0.15) is 36.0 Å². The Bertz CT molecular complexity index is 496. The molecule has 1 heterocycles. The van der Waals surface area contributed by atoms with Crippen molar-refractivity contribution in [2.45, 2.75) is 25.7 Å². The van der Waals surface area contributed by atoms with Gasteiger partial charge in [0, 0.05) is 31.5 Å². The Morgan fingerprint density at radius 2 is 1.89 bits per heavy atom. The molecule has 0 bridgehead atoms.